The molecule has 102 valence electrons. The van der Waals surface area contributed by atoms with Gasteiger partial charge in [0.2, 0.25) is 0 Å². The molecule has 1 fully saturated rings. The molecule has 1 rings (SSSR count). The fraction of sp³-hybridized carbons (Fsp3) is 1.00. The predicted octanol–water partition coefficient (Wildman–Crippen LogP) is 0.647. The van der Waals surface area contributed by atoms with Crippen molar-refractivity contribution in [2.75, 3.05) is 33.7 Å². The Labute approximate surface area is 105 Å². The molecule has 1 unspecified atom stereocenters. The molecule has 0 radical (unpaired) electrons. The van der Waals surface area contributed by atoms with Gasteiger partial charge >= 0.3 is 0 Å². The van der Waals surface area contributed by atoms with Crippen LogP contribution in [-0.4, -0.2) is 56.8 Å². The Kier molecular flexibility index (Phi) is 5.85. The maximum Gasteiger partial charge on any atom is 0.281 e. The van der Waals surface area contributed by atoms with Crippen LogP contribution in [0.3, 0.4) is 0 Å². The number of nitrogens with one attached hydrogen (secondary N) is 1. The summed E-state index contributed by atoms with van der Waals surface area (Å²) in [5, 5.41) is 3.32. The van der Waals surface area contributed by atoms with Crippen LogP contribution in [0, 0.1) is 0 Å². The van der Waals surface area contributed by atoms with Gasteiger partial charge in [-0.05, 0) is 25.8 Å². The Balaban J connectivity index is 2.66. The molecule has 1 N–H and O–H groups in total. The fourth-order valence-corrected chi connectivity index (χ4v) is 3.47. The lowest BCUT2D eigenvalue weighted by molar-refractivity contribution is 0.234. The molecule has 6 heteroatoms. The Morgan fingerprint density at radius 3 is 2.65 bits per heavy atom. The zero-order valence-electron chi connectivity index (χ0n) is 11.1. The van der Waals surface area contributed by atoms with E-state index in [0.717, 1.165) is 38.8 Å². The lowest BCUT2D eigenvalue weighted by Crippen LogP contribution is -2.52. The van der Waals surface area contributed by atoms with Gasteiger partial charge in [0.25, 0.3) is 10.2 Å². The lowest BCUT2D eigenvalue weighted by Gasteiger charge is -2.36. The monoisotopic (exact) mass is 263 g/mol. The molecule has 0 aromatic heterocycles. The van der Waals surface area contributed by atoms with E-state index in [1.165, 1.54) is 4.31 Å². The molecule has 1 heterocycles. The van der Waals surface area contributed by atoms with E-state index >= 15 is 0 Å². The van der Waals surface area contributed by atoms with E-state index < -0.39 is 10.2 Å². The van der Waals surface area contributed by atoms with Gasteiger partial charge < -0.3 is 5.32 Å². The number of hydrogen-bond acceptors (Lipinski definition) is 3. The summed E-state index contributed by atoms with van der Waals surface area (Å²) in [6, 6.07) is 0.114. The van der Waals surface area contributed by atoms with Gasteiger partial charge in [-0.2, -0.15) is 17.0 Å². The van der Waals surface area contributed by atoms with Gasteiger partial charge in [-0.15, -0.1) is 0 Å². The van der Waals surface area contributed by atoms with Crippen molar-refractivity contribution >= 4 is 10.2 Å². The molecule has 0 aromatic carbocycles. The first-order valence-corrected chi connectivity index (χ1v) is 7.80. The molecule has 1 aliphatic rings. The molecular weight excluding hydrogens is 238 g/mol. The highest BCUT2D eigenvalue weighted by molar-refractivity contribution is 7.86. The third kappa shape index (κ3) is 3.91. The Morgan fingerprint density at radius 1 is 1.35 bits per heavy atom. The van der Waals surface area contributed by atoms with Gasteiger partial charge in [0.1, 0.15) is 0 Å². The number of hydrogen-bond donors (Lipinski definition) is 1. The molecule has 0 amide bonds. The van der Waals surface area contributed by atoms with Gasteiger partial charge in [0.05, 0.1) is 0 Å². The Morgan fingerprint density at radius 2 is 2.06 bits per heavy atom. The zero-order chi connectivity index (χ0) is 12.9. The minimum atomic E-state index is -3.26. The molecule has 1 atom stereocenters. The zero-order valence-corrected chi connectivity index (χ0v) is 12.0. The molecule has 0 aromatic rings. The van der Waals surface area contributed by atoms with E-state index in [2.05, 4.69) is 12.2 Å². The molecular formula is C11H25N3O2S. The van der Waals surface area contributed by atoms with Crippen LogP contribution >= 0.6 is 0 Å². The Bertz CT molecular complexity index is 317. The van der Waals surface area contributed by atoms with Crippen LogP contribution in [0.25, 0.3) is 0 Å². The molecule has 0 bridgehead atoms. The summed E-state index contributed by atoms with van der Waals surface area (Å²) in [6.45, 7) is 4.48. The largest absolute Gasteiger partial charge is 0.315 e. The first-order valence-electron chi connectivity index (χ1n) is 6.40. The summed E-state index contributed by atoms with van der Waals surface area (Å²) >= 11 is 0. The van der Waals surface area contributed by atoms with Crippen molar-refractivity contribution in [2.24, 2.45) is 0 Å². The maximum absolute atomic E-state index is 12.2. The van der Waals surface area contributed by atoms with Gasteiger partial charge in [0.15, 0.2) is 0 Å². The van der Waals surface area contributed by atoms with E-state index in [1.807, 2.05) is 0 Å². The van der Waals surface area contributed by atoms with Crippen molar-refractivity contribution in [3.63, 3.8) is 0 Å². The first-order chi connectivity index (χ1) is 8.00. The molecule has 1 aliphatic heterocycles. The molecule has 0 saturated carbocycles. The second-order valence-electron chi connectivity index (χ2n) is 4.75. The second kappa shape index (κ2) is 6.68. The van der Waals surface area contributed by atoms with Crippen molar-refractivity contribution in [1.82, 2.24) is 13.9 Å². The highest BCUT2D eigenvalue weighted by atomic mass is 32.2. The highest BCUT2D eigenvalue weighted by Gasteiger charge is 2.33. The summed E-state index contributed by atoms with van der Waals surface area (Å²) in [5.41, 5.74) is 0. The SMILES string of the molecule is CCCNCC1CCCCN1S(=O)(=O)N(C)C. The summed E-state index contributed by atoms with van der Waals surface area (Å²) in [6.07, 6.45) is 4.13. The van der Waals surface area contributed by atoms with Crippen LogP contribution in [0.2, 0.25) is 0 Å². The minimum Gasteiger partial charge on any atom is -0.315 e. The normalized spacial score (nSPS) is 23.2. The van der Waals surface area contributed by atoms with E-state index in [-0.39, 0.29) is 6.04 Å². The van der Waals surface area contributed by atoms with Crippen molar-refractivity contribution in [2.45, 2.75) is 38.6 Å². The summed E-state index contributed by atoms with van der Waals surface area (Å²) in [5.74, 6) is 0. The van der Waals surface area contributed by atoms with Crippen LogP contribution < -0.4 is 5.32 Å². The number of nitrogens with zero attached hydrogens (tertiary/aromatic N) is 2. The summed E-state index contributed by atoms with van der Waals surface area (Å²) < 4.78 is 27.3. The van der Waals surface area contributed by atoms with Gasteiger partial charge in [-0.25, -0.2) is 0 Å². The van der Waals surface area contributed by atoms with Gasteiger partial charge in [0, 0.05) is 33.2 Å². The average molecular weight is 263 g/mol. The van der Waals surface area contributed by atoms with E-state index in [4.69, 9.17) is 0 Å². The Hall–Kier alpha value is -0.170. The third-order valence-electron chi connectivity index (χ3n) is 3.14. The summed E-state index contributed by atoms with van der Waals surface area (Å²) in [7, 11) is -0.0642. The molecule has 1 saturated heterocycles. The predicted molar refractivity (Wildman–Crippen MR) is 70.1 cm³/mol. The molecule has 17 heavy (non-hydrogen) atoms. The van der Waals surface area contributed by atoms with Gasteiger partial charge in [-0.3, -0.25) is 0 Å². The molecule has 0 aliphatic carbocycles. The van der Waals surface area contributed by atoms with Crippen LogP contribution in [0.1, 0.15) is 32.6 Å². The van der Waals surface area contributed by atoms with E-state index in [9.17, 15) is 8.42 Å². The van der Waals surface area contributed by atoms with Crippen molar-refractivity contribution < 1.29 is 8.42 Å². The van der Waals surface area contributed by atoms with Crippen molar-refractivity contribution in [1.29, 1.82) is 0 Å². The summed E-state index contributed by atoms with van der Waals surface area (Å²) in [4.78, 5) is 0. The van der Waals surface area contributed by atoms with Gasteiger partial charge in [-0.1, -0.05) is 13.3 Å². The third-order valence-corrected chi connectivity index (χ3v) is 5.13. The molecule has 0 spiro atoms. The topological polar surface area (TPSA) is 52.7 Å². The van der Waals surface area contributed by atoms with Crippen LogP contribution in [-0.2, 0) is 10.2 Å². The quantitative estimate of drug-likeness (QED) is 0.716. The standard InChI is InChI=1S/C11H25N3O2S/c1-4-8-12-10-11-7-5-6-9-14(11)17(15,16)13(2)3/h11-12H,4-10H2,1-3H3. The number of rotatable bonds is 6. The van der Waals surface area contributed by atoms with Crippen LogP contribution in [0.4, 0.5) is 0 Å². The number of piperidine rings is 1. The highest BCUT2D eigenvalue weighted by Crippen LogP contribution is 2.21. The van der Waals surface area contributed by atoms with E-state index in [1.54, 1.807) is 18.4 Å². The maximum atomic E-state index is 12.2. The fourth-order valence-electron chi connectivity index (χ4n) is 2.14. The second-order valence-corrected chi connectivity index (χ2v) is 6.85. The van der Waals surface area contributed by atoms with Crippen LogP contribution in [0.15, 0.2) is 0 Å². The van der Waals surface area contributed by atoms with E-state index in [0.29, 0.717) is 6.54 Å². The van der Waals surface area contributed by atoms with Crippen LogP contribution in [0.5, 0.6) is 0 Å². The van der Waals surface area contributed by atoms with Crippen molar-refractivity contribution in [3.8, 4) is 0 Å². The minimum absolute atomic E-state index is 0.114. The first kappa shape index (κ1) is 14.9. The molecule has 5 nitrogen and oxygen atoms in total. The lowest BCUT2D eigenvalue weighted by atomic mass is 10.1. The smallest absolute Gasteiger partial charge is 0.281 e. The average Bonchev–Trinajstić information content (AvgIpc) is 2.29. The van der Waals surface area contributed by atoms with Crippen molar-refractivity contribution in [3.05, 3.63) is 0 Å².